The van der Waals surface area contributed by atoms with Crippen LogP contribution in [0.3, 0.4) is 0 Å². The van der Waals surface area contributed by atoms with E-state index in [-0.39, 0.29) is 16.1 Å². The first-order valence-corrected chi connectivity index (χ1v) is 8.77. The Kier molecular flexibility index (Phi) is 4.29. The number of hydrogen-bond donors (Lipinski definition) is 1. The maximum Gasteiger partial charge on any atom is 0.421 e. The second-order valence-electron chi connectivity index (χ2n) is 6.80. The average molecular weight is 425 g/mol. The molecule has 29 heavy (non-hydrogen) atoms. The number of rotatable bonds is 2. The summed E-state index contributed by atoms with van der Waals surface area (Å²) in [5.41, 5.74) is -2.82. The zero-order valence-corrected chi connectivity index (χ0v) is 15.8. The molecule has 4 aromatic rings. The lowest BCUT2D eigenvalue weighted by atomic mass is 9.94. The number of pyridine rings is 2. The van der Waals surface area contributed by atoms with Gasteiger partial charge in [0.2, 0.25) is 0 Å². The van der Waals surface area contributed by atoms with Crippen LogP contribution in [0.25, 0.3) is 27.7 Å². The van der Waals surface area contributed by atoms with Crippen LogP contribution < -0.4 is 0 Å². The van der Waals surface area contributed by atoms with Crippen molar-refractivity contribution in [1.29, 1.82) is 0 Å². The molecule has 5 nitrogen and oxygen atoms in total. The lowest BCUT2D eigenvalue weighted by Gasteiger charge is -2.26. The number of aliphatic hydroxyl groups is 1. The van der Waals surface area contributed by atoms with Crippen LogP contribution >= 0.6 is 11.6 Å². The first kappa shape index (κ1) is 19.5. The lowest BCUT2D eigenvalue weighted by molar-refractivity contribution is -0.259. The summed E-state index contributed by atoms with van der Waals surface area (Å²) in [6.07, 6.45) is -2.83. The molecule has 1 atom stereocenters. The minimum atomic E-state index is -4.93. The molecule has 0 bridgehead atoms. The Morgan fingerprint density at radius 1 is 1.10 bits per heavy atom. The SMILES string of the molecule is Cc1nnc2ccc3cc(-c4cncc([C@](C)(O)C(F)(F)F)c4)c(F)c(Cl)c3n12. The van der Waals surface area contributed by atoms with Crippen LogP contribution in [-0.2, 0) is 5.60 Å². The topological polar surface area (TPSA) is 63.3 Å². The summed E-state index contributed by atoms with van der Waals surface area (Å²) in [6.45, 7) is 2.30. The van der Waals surface area contributed by atoms with E-state index in [2.05, 4.69) is 15.2 Å². The maximum atomic E-state index is 15.1. The van der Waals surface area contributed by atoms with Gasteiger partial charge in [0.1, 0.15) is 10.8 Å². The molecule has 0 saturated heterocycles. The Labute approximate surface area is 166 Å². The minimum absolute atomic E-state index is 0.0418. The van der Waals surface area contributed by atoms with Gasteiger partial charge in [-0.1, -0.05) is 11.6 Å². The molecule has 0 fully saturated rings. The van der Waals surface area contributed by atoms with E-state index in [1.165, 1.54) is 12.3 Å². The number of aromatic nitrogens is 4. The second-order valence-corrected chi connectivity index (χ2v) is 7.17. The van der Waals surface area contributed by atoms with Gasteiger partial charge in [-0.05, 0) is 38.1 Å². The zero-order valence-electron chi connectivity index (χ0n) is 15.1. The molecule has 0 saturated carbocycles. The van der Waals surface area contributed by atoms with Crippen molar-refractivity contribution in [3.8, 4) is 11.1 Å². The van der Waals surface area contributed by atoms with Crippen LogP contribution in [0, 0.1) is 12.7 Å². The highest BCUT2D eigenvalue weighted by atomic mass is 35.5. The highest BCUT2D eigenvalue weighted by Gasteiger charge is 2.51. The molecular weight excluding hydrogens is 412 g/mol. The van der Waals surface area contributed by atoms with Crippen molar-refractivity contribution >= 4 is 28.2 Å². The van der Waals surface area contributed by atoms with Crippen molar-refractivity contribution in [2.45, 2.75) is 25.6 Å². The van der Waals surface area contributed by atoms with Crippen LogP contribution in [-0.4, -0.2) is 30.9 Å². The Morgan fingerprint density at radius 3 is 2.52 bits per heavy atom. The second kappa shape index (κ2) is 6.36. The number of halogens is 5. The van der Waals surface area contributed by atoms with Crippen LogP contribution in [0.5, 0.6) is 0 Å². The van der Waals surface area contributed by atoms with Gasteiger partial charge in [-0.2, -0.15) is 13.2 Å². The summed E-state index contributed by atoms with van der Waals surface area (Å²) in [4.78, 5) is 3.75. The molecule has 3 heterocycles. The predicted octanol–water partition coefficient (Wildman–Crippen LogP) is 4.82. The van der Waals surface area contributed by atoms with Crippen LogP contribution in [0.1, 0.15) is 18.3 Å². The number of hydrogen-bond acceptors (Lipinski definition) is 4. The number of nitrogens with zero attached hydrogens (tertiary/aromatic N) is 4. The van der Waals surface area contributed by atoms with Crippen LogP contribution in [0.15, 0.2) is 36.7 Å². The summed E-state index contributed by atoms with van der Waals surface area (Å²) in [6, 6.07) is 5.84. The number of fused-ring (bicyclic) bond motifs is 3. The third-order valence-electron chi connectivity index (χ3n) is 4.86. The highest BCUT2D eigenvalue weighted by Crippen LogP contribution is 2.40. The third kappa shape index (κ3) is 2.92. The predicted molar refractivity (Wildman–Crippen MR) is 99.1 cm³/mol. The summed E-state index contributed by atoms with van der Waals surface area (Å²) in [7, 11) is 0. The van der Waals surface area contributed by atoms with Crippen molar-refractivity contribution in [3.05, 3.63) is 58.9 Å². The Hall–Kier alpha value is -2.78. The van der Waals surface area contributed by atoms with Gasteiger partial charge in [0, 0.05) is 34.5 Å². The van der Waals surface area contributed by atoms with E-state index in [0.717, 1.165) is 12.3 Å². The fraction of sp³-hybridized carbons (Fsp3) is 0.211. The van der Waals surface area contributed by atoms with Crippen molar-refractivity contribution in [3.63, 3.8) is 0 Å². The third-order valence-corrected chi connectivity index (χ3v) is 5.20. The van der Waals surface area contributed by atoms with Crippen LogP contribution in [0.4, 0.5) is 17.6 Å². The smallest absolute Gasteiger partial charge is 0.376 e. The fourth-order valence-corrected chi connectivity index (χ4v) is 3.44. The van der Waals surface area contributed by atoms with Gasteiger partial charge in [0.05, 0.1) is 5.52 Å². The molecule has 0 aliphatic heterocycles. The lowest BCUT2D eigenvalue weighted by Crippen LogP contribution is -2.39. The fourth-order valence-electron chi connectivity index (χ4n) is 3.14. The molecule has 3 aromatic heterocycles. The molecule has 0 aliphatic carbocycles. The Bertz CT molecular complexity index is 1270. The van der Waals surface area contributed by atoms with E-state index < -0.39 is 23.2 Å². The Morgan fingerprint density at radius 2 is 1.83 bits per heavy atom. The van der Waals surface area contributed by atoms with Gasteiger partial charge < -0.3 is 5.11 Å². The normalized spacial score (nSPS) is 14.5. The molecule has 0 aliphatic rings. The van der Waals surface area contributed by atoms with Gasteiger partial charge in [-0.3, -0.25) is 9.38 Å². The highest BCUT2D eigenvalue weighted by molar-refractivity contribution is 6.35. The molecule has 0 spiro atoms. The van der Waals surface area contributed by atoms with Gasteiger partial charge in [0.25, 0.3) is 0 Å². The first-order valence-electron chi connectivity index (χ1n) is 8.40. The summed E-state index contributed by atoms with van der Waals surface area (Å²) < 4.78 is 56.3. The standard InChI is InChI=1S/C19H13ClF4N4O/c1-9-26-27-14-4-3-10-6-13(16(21)15(20)17(10)28(9)14)11-5-12(8-25-7-11)18(2,29)19(22,23)24/h3-8,29H,1-2H3/t18-/m0/s1. The van der Waals surface area contributed by atoms with Crippen molar-refractivity contribution < 1.29 is 22.7 Å². The maximum absolute atomic E-state index is 15.1. The summed E-state index contributed by atoms with van der Waals surface area (Å²) in [5.74, 6) is -0.324. The quantitative estimate of drug-likeness (QED) is 0.469. The largest absolute Gasteiger partial charge is 0.421 e. The van der Waals surface area contributed by atoms with Gasteiger partial charge in [-0.25, -0.2) is 4.39 Å². The number of benzene rings is 1. The van der Waals surface area contributed by atoms with Gasteiger partial charge in [0.15, 0.2) is 17.1 Å². The van der Waals surface area contributed by atoms with E-state index in [0.29, 0.717) is 29.3 Å². The minimum Gasteiger partial charge on any atom is -0.376 e. The van der Waals surface area contributed by atoms with E-state index in [9.17, 15) is 18.3 Å². The van der Waals surface area contributed by atoms with E-state index in [4.69, 9.17) is 11.6 Å². The molecule has 150 valence electrons. The zero-order chi connectivity index (χ0) is 21.1. The van der Waals surface area contributed by atoms with Crippen molar-refractivity contribution in [1.82, 2.24) is 19.6 Å². The number of alkyl halides is 3. The molecule has 10 heteroatoms. The molecule has 1 N–H and O–H groups in total. The number of aryl methyl sites for hydroxylation is 1. The molecule has 0 amide bonds. The molecule has 0 radical (unpaired) electrons. The average Bonchev–Trinajstić information content (AvgIpc) is 3.04. The Balaban J connectivity index is 1.96. The molecular formula is C19H13ClF4N4O. The van der Waals surface area contributed by atoms with E-state index in [1.54, 1.807) is 23.5 Å². The van der Waals surface area contributed by atoms with E-state index >= 15 is 4.39 Å². The van der Waals surface area contributed by atoms with Gasteiger partial charge in [-0.15, -0.1) is 10.2 Å². The van der Waals surface area contributed by atoms with Crippen molar-refractivity contribution in [2.24, 2.45) is 0 Å². The van der Waals surface area contributed by atoms with Crippen LogP contribution in [0.2, 0.25) is 5.02 Å². The summed E-state index contributed by atoms with van der Waals surface area (Å²) >= 11 is 6.29. The molecule has 0 unspecified atom stereocenters. The van der Waals surface area contributed by atoms with Gasteiger partial charge >= 0.3 is 6.18 Å². The van der Waals surface area contributed by atoms with E-state index in [1.807, 2.05) is 0 Å². The molecule has 4 rings (SSSR count). The van der Waals surface area contributed by atoms with Crippen molar-refractivity contribution in [2.75, 3.05) is 0 Å². The molecule has 1 aromatic carbocycles. The monoisotopic (exact) mass is 424 g/mol. The summed E-state index contributed by atoms with van der Waals surface area (Å²) in [5, 5.41) is 18.1. The first-order chi connectivity index (χ1) is 13.5.